The van der Waals surface area contributed by atoms with Crippen LogP contribution in [-0.2, 0) is 18.6 Å². The Balaban J connectivity index is 4.41. The van der Waals surface area contributed by atoms with Crippen LogP contribution in [0.2, 0.25) is 0 Å². The van der Waals surface area contributed by atoms with E-state index in [0.717, 1.165) is 32.5 Å². The zero-order valence-electron chi connectivity index (χ0n) is 24.2. The van der Waals surface area contributed by atoms with Gasteiger partial charge < -0.3 is 19.0 Å². The van der Waals surface area contributed by atoms with Crippen molar-refractivity contribution in [1.29, 1.82) is 0 Å². The number of carbonyl (C=O) groups is 1. The Morgan fingerprint density at radius 3 is 1.50 bits per heavy atom. The van der Waals surface area contributed by atoms with Crippen molar-refractivity contribution in [3.63, 3.8) is 0 Å². The molecule has 0 aliphatic carbocycles. The third-order valence-electron chi connectivity index (χ3n) is 7.63. The highest BCUT2D eigenvalue weighted by molar-refractivity contribution is 7.46. The van der Waals surface area contributed by atoms with Crippen LogP contribution in [0.4, 0.5) is 0 Å². The van der Waals surface area contributed by atoms with Crippen LogP contribution >= 0.6 is 7.82 Å². The summed E-state index contributed by atoms with van der Waals surface area (Å²) in [6, 6.07) is 0. The largest absolute Gasteiger partial charge is 0.470 e. The summed E-state index contributed by atoms with van der Waals surface area (Å²) in [4.78, 5) is 30.7. The Labute approximate surface area is 222 Å². The number of carbonyl (C=O) groups excluding carboxylic acids is 1. The number of hydrogen-bond donors (Lipinski definition) is 2. The predicted molar refractivity (Wildman–Crippen MR) is 149 cm³/mol. The van der Waals surface area contributed by atoms with E-state index in [-0.39, 0.29) is 12.1 Å². The van der Waals surface area contributed by atoms with Crippen molar-refractivity contribution >= 4 is 13.8 Å². The third kappa shape index (κ3) is 19.6. The SMILES string of the molecule is CCCCCCCCCCCCCCCCC(CC(C[N+](CC)(CC)CC)OP(=O)(O)O)OC(C)=O. The Morgan fingerprint density at radius 2 is 1.14 bits per heavy atom. The van der Waals surface area contributed by atoms with Gasteiger partial charge in [0, 0.05) is 13.3 Å². The highest BCUT2D eigenvalue weighted by Gasteiger charge is 2.33. The number of unbranched alkanes of at least 4 members (excludes halogenated alkanes) is 13. The number of phosphoric acid groups is 1. The number of rotatable bonds is 25. The summed E-state index contributed by atoms with van der Waals surface area (Å²) < 4.78 is 23.1. The molecule has 0 spiro atoms. The zero-order valence-corrected chi connectivity index (χ0v) is 25.1. The molecule has 36 heavy (non-hydrogen) atoms. The molecule has 0 aromatic heterocycles. The number of hydrogen-bond acceptors (Lipinski definition) is 4. The van der Waals surface area contributed by atoms with Crippen LogP contribution in [0, 0.1) is 0 Å². The van der Waals surface area contributed by atoms with E-state index < -0.39 is 13.9 Å². The molecule has 0 aromatic carbocycles. The second-order valence-electron chi connectivity index (χ2n) is 10.5. The van der Waals surface area contributed by atoms with Gasteiger partial charge in [0.2, 0.25) is 0 Å². The molecule has 2 N–H and O–H groups in total. The van der Waals surface area contributed by atoms with Crippen molar-refractivity contribution < 1.29 is 32.9 Å². The summed E-state index contributed by atoms with van der Waals surface area (Å²) in [6.07, 6.45) is 17.9. The number of likely N-dealkylation sites (N-methyl/N-ethyl adjacent to an activating group) is 1. The first-order chi connectivity index (χ1) is 17.1. The molecular weight excluding hydrogens is 477 g/mol. The van der Waals surface area contributed by atoms with Gasteiger partial charge in [-0.25, -0.2) is 4.57 Å². The number of nitrogens with zero attached hydrogens (tertiary/aromatic N) is 1. The Bertz CT molecular complexity index is 570. The maximum absolute atomic E-state index is 11.7. The maximum atomic E-state index is 11.7. The average molecular weight is 537 g/mol. The third-order valence-corrected chi connectivity index (χ3v) is 8.20. The monoisotopic (exact) mass is 536 g/mol. The van der Waals surface area contributed by atoms with E-state index in [0.29, 0.717) is 23.9 Å². The van der Waals surface area contributed by atoms with Crippen LogP contribution in [0.25, 0.3) is 0 Å². The Hall–Kier alpha value is -0.460. The van der Waals surface area contributed by atoms with Crippen molar-refractivity contribution in [2.45, 2.75) is 150 Å². The van der Waals surface area contributed by atoms with E-state index in [1.54, 1.807) is 0 Å². The highest BCUT2D eigenvalue weighted by atomic mass is 31.2. The molecule has 0 aromatic rings. The lowest BCUT2D eigenvalue weighted by molar-refractivity contribution is -0.925. The molecule has 0 aliphatic heterocycles. The van der Waals surface area contributed by atoms with Crippen molar-refractivity contribution in [1.82, 2.24) is 0 Å². The Kier molecular flexibility index (Phi) is 21.2. The van der Waals surface area contributed by atoms with Gasteiger partial charge in [0.15, 0.2) is 0 Å². The van der Waals surface area contributed by atoms with Crippen molar-refractivity contribution in [2.75, 3.05) is 26.2 Å². The van der Waals surface area contributed by atoms with Gasteiger partial charge in [-0.15, -0.1) is 0 Å². The molecule has 8 heteroatoms. The summed E-state index contributed by atoms with van der Waals surface area (Å²) in [5, 5.41) is 0. The second kappa shape index (κ2) is 21.5. The smallest absolute Gasteiger partial charge is 0.462 e. The summed E-state index contributed by atoms with van der Waals surface area (Å²) >= 11 is 0. The van der Waals surface area contributed by atoms with Gasteiger partial charge in [0.25, 0.3) is 0 Å². The van der Waals surface area contributed by atoms with E-state index in [1.165, 1.54) is 84.0 Å². The van der Waals surface area contributed by atoms with E-state index >= 15 is 0 Å². The van der Waals surface area contributed by atoms with Crippen LogP contribution < -0.4 is 0 Å². The minimum Gasteiger partial charge on any atom is -0.462 e. The van der Waals surface area contributed by atoms with E-state index in [2.05, 4.69) is 27.7 Å². The number of esters is 1. The molecule has 0 radical (unpaired) electrons. The summed E-state index contributed by atoms with van der Waals surface area (Å²) in [5.41, 5.74) is 0. The molecule has 0 heterocycles. The molecule has 2 unspecified atom stereocenters. The number of ether oxygens (including phenoxy) is 1. The minimum absolute atomic E-state index is 0.309. The first kappa shape index (κ1) is 35.5. The summed E-state index contributed by atoms with van der Waals surface area (Å²) in [6.45, 7) is 12.9. The fourth-order valence-corrected chi connectivity index (χ4v) is 5.70. The van der Waals surface area contributed by atoms with E-state index in [4.69, 9.17) is 9.26 Å². The van der Waals surface area contributed by atoms with Gasteiger partial charge in [0.1, 0.15) is 18.8 Å². The summed E-state index contributed by atoms with van der Waals surface area (Å²) in [7, 11) is -4.64. The van der Waals surface area contributed by atoms with Gasteiger partial charge in [0.05, 0.1) is 19.6 Å². The zero-order chi connectivity index (χ0) is 27.3. The predicted octanol–water partition coefficient (Wildman–Crippen LogP) is 7.53. The topological polar surface area (TPSA) is 93.1 Å². The fraction of sp³-hybridized carbons (Fsp3) is 0.964. The van der Waals surface area contributed by atoms with E-state index in [9.17, 15) is 19.1 Å². The molecule has 0 fully saturated rings. The van der Waals surface area contributed by atoms with Gasteiger partial charge in [-0.3, -0.25) is 9.32 Å². The maximum Gasteiger partial charge on any atom is 0.470 e. The Morgan fingerprint density at radius 1 is 0.722 bits per heavy atom. The molecular formula is C28H59NO6P+. The molecule has 0 rings (SSSR count). The average Bonchev–Trinajstić information content (AvgIpc) is 2.81. The van der Waals surface area contributed by atoms with Gasteiger partial charge in [-0.1, -0.05) is 90.4 Å². The molecule has 2 atom stereocenters. The quantitative estimate of drug-likeness (QED) is 0.0542. The lowest BCUT2D eigenvalue weighted by atomic mass is 10.0. The first-order valence-corrected chi connectivity index (χ1v) is 16.4. The molecule has 0 aliphatic rings. The molecule has 0 saturated heterocycles. The summed E-state index contributed by atoms with van der Waals surface area (Å²) in [5.74, 6) is -0.359. The number of quaternary nitrogens is 1. The van der Waals surface area contributed by atoms with Gasteiger partial charge in [-0.05, 0) is 33.6 Å². The van der Waals surface area contributed by atoms with Crippen molar-refractivity contribution in [3.8, 4) is 0 Å². The standard InChI is InChI=1S/C28H58NO6P/c1-6-10-11-12-13-14-15-16-17-18-19-20-21-22-23-27(34-26(5)30)24-28(35-36(31,32)33)25-29(7-2,8-3)9-4/h27-28H,6-25H2,1-5H3,(H-,31,32,33)/p+1. The molecule has 7 nitrogen and oxygen atoms in total. The molecule has 216 valence electrons. The highest BCUT2D eigenvalue weighted by Crippen LogP contribution is 2.39. The molecule has 0 amide bonds. The van der Waals surface area contributed by atoms with Gasteiger partial charge in [-0.2, -0.15) is 0 Å². The van der Waals surface area contributed by atoms with Crippen molar-refractivity contribution in [2.24, 2.45) is 0 Å². The van der Waals surface area contributed by atoms with Crippen molar-refractivity contribution in [3.05, 3.63) is 0 Å². The minimum atomic E-state index is -4.64. The molecule has 0 bridgehead atoms. The van der Waals surface area contributed by atoms with Gasteiger partial charge >= 0.3 is 13.8 Å². The van der Waals surface area contributed by atoms with Crippen LogP contribution in [0.3, 0.4) is 0 Å². The number of phosphoric ester groups is 1. The van der Waals surface area contributed by atoms with Crippen LogP contribution in [0.1, 0.15) is 137 Å². The van der Waals surface area contributed by atoms with Crippen LogP contribution in [-0.4, -0.2) is 58.6 Å². The van der Waals surface area contributed by atoms with Crippen LogP contribution in [0.15, 0.2) is 0 Å². The van der Waals surface area contributed by atoms with E-state index in [1.807, 2.05) is 0 Å². The lowest BCUT2D eigenvalue weighted by Gasteiger charge is -2.39. The molecule has 0 saturated carbocycles. The second-order valence-corrected chi connectivity index (χ2v) is 11.7. The van der Waals surface area contributed by atoms with Crippen LogP contribution in [0.5, 0.6) is 0 Å². The first-order valence-electron chi connectivity index (χ1n) is 14.9. The normalized spacial score (nSPS) is 14.1. The fourth-order valence-electron chi connectivity index (χ4n) is 5.15. The lowest BCUT2D eigenvalue weighted by Crippen LogP contribution is -2.52.